The quantitative estimate of drug-likeness (QED) is 0.439. The van der Waals surface area contributed by atoms with Crippen LogP contribution in [0.3, 0.4) is 0 Å². The SMILES string of the molecule is CCCCC/C(C)=C/C(C)=O. The first-order valence-electron chi connectivity index (χ1n) is 4.34. The lowest BCUT2D eigenvalue weighted by molar-refractivity contribution is -0.112. The third-order valence-electron chi connectivity index (χ3n) is 1.62. The molecule has 0 bridgehead atoms. The van der Waals surface area contributed by atoms with Crippen molar-refractivity contribution in [1.29, 1.82) is 0 Å². The Morgan fingerprint density at radius 1 is 1.27 bits per heavy atom. The highest BCUT2D eigenvalue weighted by atomic mass is 16.1. The van der Waals surface area contributed by atoms with E-state index < -0.39 is 0 Å². The van der Waals surface area contributed by atoms with Gasteiger partial charge in [-0.2, -0.15) is 0 Å². The standard InChI is InChI=1S/C10H18O/c1-4-5-6-7-9(2)8-10(3)11/h8H,4-7H2,1-3H3/b9-8+. The van der Waals surface area contributed by atoms with Gasteiger partial charge in [0.15, 0.2) is 5.78 Å². The van der Waals surface area contributed by atoms with Gasteiger partial charge in [0.1, 0.15) is 0 Å². The summed E-state index contributed by atoms with van der Waals surface area (Å²) in [6.45, 7) is 5.81. The fourth-order valence-corrected chi connectivity index (χ4v) is 1.07. The van der Waals surface area contributed by atoms with Crippen molar-refractivity contribution in [3.63, 3.8) is 0 Å². The van der Waals surface area contributed by atoms with Crippen molar-refractivity contribution in [1.82, 2.24) is 0 Å². The molecule has 1 heteroatoms. The molecule has 1 nitrogen and oxygen atoms in total. The van der Waals surface area contributed by atoms with Gasteiger partial charge in [-0.1, -0.05) is 25.3 Å². The van der Waals surface area contributed by atoms with Crippen LogP contribution in [0.15, 0.2) is 11.6 Å². The van der Waals surface area contributed by atoms with Crippen molar-refractivity contribution >= 4 is 5.78 Å². The second kappa shape index (κ2) is 6.14. The van der Waals surface area contributed by atoms with Crippen LogP contribution in [0.4, 0.5) is 0 Å². The van der Waals surface area contributed by atoms with Gasteiger partial charge in [-0.3, -0.25) is 4.79 Å². The minimum absolute atomic E-state index is 0.166. The first-order chi connectivity index (χ1) is 5.16. The van der Waals surface area contributed by atoms with Crippen LogP contribution in [-0.4, -0.2) is 5.78 Å². The van der Waals surface area contributed by atoms with Gasteiger partial charge < -0.3 is 0 Å². The molecule has 0 saturated heterocycles. The van der Waals surface area contributed by atoms with E-state index >= 15 is 0 Å². The van der Waals surface area contributed by atoms with Gasteiger partial charge in [-0.25, -0.2) is 0 Å². The third-order valence-corrected chi connectivity index (χ3v) is 1.62. The summed E-state index contributed by atoms with van der Waals surface area (Å²) in [5.74, 6) is 0.166. The van der Waals surface area contributed by atoms with E-state index in [-0.39, 0.29) is 5.78 Å². The summed E-state index contributed by atoms with van der Waals surface area (Å²) >= 11 is 0. The Labute approximate surface area is 69.5 Å². The molecule has 0 amide bonds. The summed E-state index contributed by atoms with van der Waals surface area (Å²) in [6, 6.07) is 0. The van der Waals surface area contributed by atoms with Crippen molar-refractivity contribution in [2.75, 3.05) is 0 Å². The second-order valence-corrected chi connectivity index (χ2v) is 3.06. The van der Waals surface area contributed by atoms with Crippen LogP contribution >= 0.6 is 0 Å². The van der Waals surface area contributed by atoms with E-state index in [4.69, 9.17) is 0 Å². The molecule has 0 aromatic carbocycles. The maximum Gasteiger partial charge on any atom is 0.152 e. The normalized spacial score (nSPS) is 11.7. The molecule has 0 aliphatic heterocycles. The number of hydrogen-bond acceptors (Lipinski definition) is 1. The molecule has 0 unspecified atom stereocenters. The average molecular weight is 154 g/mol. The average Bonchev–Trinajstić information content (AvgIpc) is 1.86. The van der Waals surface area contributed by atoms with E-state index in [0.29, 0.717) is 0 Å². The Morgan fingerprint density at radius 2 is 1.91 bits per heavy atom. The summed E-state index contributed by atoms with van der Waals surface area (Å²) in [5, 5.41) is 0. The van der Waals surface area contributed by atoms with Gasteiger partial charge in [-0.05, 0) is 32.8 Å². The van der Waals surface area contributed by atoms with Gasteiger partial charge in [0.05, 0.1) is 0 Å². The van der Waals surface area contributed by atoms with E-state index in [2.05, 4.69) is 6.92 Å². The molecule has 64 valence electrons. The molecule has 0 saturated carbocycles. The fourth-order valence-electron chi connectivity index (χ4n) is 1.07. The molecule has 0 N–H and O–H groups in total. The number of unbranched alkanes of at least 4 members (excludes halogenated alkanes) is 2. The monoisotopic (exact) mass is 154 g/mol. The molecular formula is C10H18O. The Morgan fingerprint density at radius 3 is 2.36 bits per heavy atom. The Bertz CT molecular complexity index is 145. The smallest absolute Gasteiger partial charge is 0.152 e. The summed E-state index contributed by atoms with van der Waals surface area (Å²) in [6.07, 6.45) is 6.53. The molecule has 0 radical (unpaired) electrons. The van der Waals surface area contributed by atoms with Crippen molar-refractivity contribution in [3.8, 4) is 0 Å². The van der Waals surface area contributed by atoms with E-state index in [1.807, 2.05) is 6.92 Å². The number of ketones is 1. The number of carbonyl (C=O) groups excluding carboxylic acids is 1. The van der Waals surface area contributed by atoms with Gasteiger partial charge >= 0.3 is 0 Å². The van der Waals surface area contributed by atoms with Crippen molar-refractivity contribution in [2.45, 2.75) is 46.5 Å². The zero-order chi connectivity index (χ0) is 8.69. The maximum atomic E-state index is 10.6. The molecule has 0 aliphatic carbocycles. The lowest BCUT2D eigenvalue weighted by Crippen LogP contribution is -1.86. The number of carbonyl (C=O) groups is 1. The molecule has 0 aromatic heterocycles. The lowest BCUT2D eigenvalue weighted by atomic mass is 10.1. The number of allylic oxidation sites excluding steroid dienone is 2. The van der Waals surface area contributed by atoms with Gasteiger partial charge in [0, 0.05) is 0 Å². The highest BCUT2D eigenvalue weighted by Crippen LogP contribution is 2.07. The molecule has 11 heavy (non-hydrogen) atoms. The van der Waals surface area contributed by atoms with Crippen LogP contribution < -0.4 is 0 Å². The maximum absolute atomic E-state index is 10.6. The summed E-state index contributed by atoms with van der Waals surface area (Å²) in [5.41, 5.74) is 1.21. The van der Waals surface area contributed by atoms with E-state index in [1.165, 1.54) is 24.8 Å². The Balaban J connectivity index is 3.51. The van der Waals surface area contributed by atoms with Crippen LogP contribution in [0, 0.1) is 0 Å². The molecule has 0 spiro atoms. The van der Waals surface area contributed by atoms with Gasteiger partial charge in [0.25, 0.3) is 0 Å². The predicted octanol–water partition coefficient (Wildman–Crippen LogP) is 3.10. The highest BCUT2D eigenvalue weighted by molar-refractivity contribution is 5.87. The van der Waals surface area contributed by atoms with Crippen molar-refractivity contribution < 1.29 is 4.79 Å². The Hall–Kier alpha value is -0.590. The molecule has 0 atom stereocenters. The highest BCUT2D eigenvalue weighted by Gasteiger charge is 1.91. The Kier molecular flexibility index (Phi) is 5.81. The van der Waals surface area contributed by atoms with Crippen LogP contribution in [0.25, 0.3) is 0 Å². The summed E-state index contributed by atoms with van der Waals surface area (Å²) < 4.78 is 0. The van der Waals surface area contributed by atoms with Crippen LogP contribution in [0.1, 0.15) is 46.5 Å². The molecule has 0 aliphatic rings. The largest absolute Gasteiger partial charge is 0.295 e. The van der Waals surface area contributed by atoms with Crippen LogP contribution in [0.5, 0.6) is 0 Å². The third kappa shape index (κ3) is 7.31. The van der Waals surface area contributed by atoms with Crippen molar-refractivity contribution in [2.24, 2.45) is 0 Å². The number of rotatable bonds is 5. The first kappa shape index (κ1) is 10.4. The lowest BCUT2D eigenvalue weighted by Gasteiger charge is -1.97. The van der Waals surface area contributed by atoms with E-state index in [9.17, 15) is 4.79 Å². The minimum Gasteiger partial charge on any atom is -0.295 e. The first-order valence-corrected chi connectivity index (χ1v) is 4.34. The zero-order valence-electron chi connectivity index (χ0n) is 7.81. The summed E-state index contributed by atoms with van der Waals surface area (Å²) in [4.78, 5) is 10.6. The van der Waals surface area contributed by atoms with Gasteiger partial charge in [-0.15, -0.1) is 0 Å². The minimum atomic E-state index is 0.166. The zero-order valence-corrected chi connectivity index (χ0v) is 7.81. The number of hydrogen-bond donors (Lipinski definition) is 0. The molecule has 0 fully saturated rings. The van der Waals surface area contributed by atoms with E-state index in [0.717, 1.165) is 6.42 Å². The van der Waals surface area contributed by atoms with Gasteiger partial charge in [0.2, 0.25) is 0 Å². The molecular weight excluding hydrogens is 136 g/mol. The van der Waals surface area contributed by atoms with Crippen LogP contribution in [-0.2, 0) is 4.79 Å². The van der Waals surface area contributed by atoms with Crippen LogP contribution in [0.2, 0.25) is 0 Å². The second-order valence-electron chi connectivity index (χ2n) is 3.06. The molecule has 0 aromatic rings. The predicted molar refractivity (Wildman–Crippen MR) is 48.6 cm³/mol. The van der Waals surface area contributed by atoms with E-state index in [1.54, 1.807) is 13.0 Å². The summed E-state index contributed by atoms with van der Waals surface area (Å²) in [7, 11) is 0. The molecule has 0 rings (SSSR count). The molecule has 0 heterocycles. The fraction of sp³-hybridized carbons (Fsp3) is 0.700. The van der Waals surface area contributed by atoms with Crippen molar-refractivity contribution in [3.05, 3.63) is 11.6 Å². The topological polar surface area (TPSA) is 17.1 Å².